The zero-order chi connectivity index (χ0) is 4.99. The molecule has 0 heterocycles. The summed E-state index contributed by atoms with van der Waals surface area (Å²) in [6.45, 7) is 2.14. The van der Waals surface area contributed by atoms with E-state index in [1.54, 1.807) is 0 Å². The first kappa shape index (κ1) is 7.86. The van der Waals surface area contributed by atoms with Gasteiger partial charge in [0.15, 0.2) is 0 Å². The topological polar surface area (TPSA) is 0 Å². The maximum atomic E-state index is 4.16. The number of halogens is 1. The van der Waals surface area contributed by atoms with E-state index < -0.39 is 0 Å². The summed E-state index contributed by atoms with van der Waals surface area (Å²) in [5.41, 5.74) is 0. The quantitative estimate of drug-likeness (QED) is 0.299. The summed E-state index contributed by atoms with van der Waals surface area (Å²) in [4.78, 5) is 0. The molecule has 0 aliphatic carbocycles. The van der Waals surface area contributed by atoms with Gasteiger partial charge >= 0.3 is 58.6 Å². The predicted molar refractivity (Wildman–Crippen MR) is 46.4 cm³/mol. The van der Waals surface area contributed by atoms with Gasteiger partial charge in [0.2, 0.25) is 0 Å². The summed E-state index contributed by atoms with van der Waals surface area (Å²) in [5, 5.41) is 0. The molecule has 0 aliphatic rings. The van der Waals surface area contributed by atoms with E-state index in [0.29, 0.717) is 0 Å². The van der Waals surface area contributed by atoms with E-state index in [9.17, 15) is 0 Å². The Hall–Kier alpha value is 1.86. The molecule has 0 rings (SSSR count). The Kier molecular flexibility index (Phi) is 6.56. The van der Waals surface area contributed by atoms with Crippen LogP contribution in [0.1, 0.15) is 6.92 Å². The molecule has 0 radical (unpaired) electrons. The normalized spacial score (nSPS) is 9.67. The van der Waals surface area contributed by atoms with Crippen molar-refractivity contribution >= 4 is 45.9 Å². The average Bonchev–Trinajstić information content (AvgIpc) is 1.35. The van der Waals surface area contributed by atoms with E-state index in [4.69, 9.17) is 0 Å². The number of hydrogen-bond acceptors (Lipinski definition) is 2. The molecule has 0 fully saturated rings. The van der Waals surface area contributed by atoms with Crippen LogP contribution in [0.4, 0.5) is 0 Å². The molecular formula is C2H5IPS2-. The van der Waals surface area contributed by atoms with Gasteiger partial charge in [-0.3, -0.25) is 0 Å². The van der Waals surface area contributed by atoms with Crippen molar-refractivity contribution in [1.82, 2.24) is 0 Å². The van der Waals surface area contributed by atoms with Gasteiger partial charge in [-0.25, -0.2) is 0 Å². The Morgan fingerprint density at radius 3 is 2.50 bits per heavy atom. The van der Waals surface area contributed by atoms with Crippen LogP contribution in [-0.2, 0) is 6.07 Å². The first-order chi connectivity index (χ1) is 2.77. The zero-order valence-corrected chi connectivity index (χ0v) is 8.03. The molecule has 0 nitrogen and oxygen atoms in total. The second-order valence-corrected chi connectivity index (χ2v) is 11.9. The molecule has 0 bridgehead atoms. The van der Waals surface area contributed by atoms with E-state index >= 15 is 0 Å². The molecule has 0 N–H and O–H groups in total. The second kappa shape index (κ2) is 5.01. The van der Waals surface area contributed by atoms with Crippen molar-refractivity contribution in [3.8, 4) is 0 Å². The van der Waals surface area contributed by atoms with Gasteiger partial charge in [0.05, 0.1) is 0 Å². The van der Waals surface area contributed by atoms with Gasteiger partial charge in [-0.2, -0.15) is 0 Å². The molecule has 0 atom stereocenters. The van der Waals surface area contributed by atoms with Crippen LogP contribution in [0.25, 0.3) is 0 Å². The Labute approximate surface area is 58.2 Å². The minimum atomic E-state index is 0.266. The van der Waals surface area contributed by atoms with Gasteiger partial charge in [0.1, 0.15) is 0 Å². The van der Waals surface area contributed by atoms with Crippen LogP contribution in [0.15, 0.2) is 0 Å². The Morgan fingerprint density at radius 1 is 2.00 bits per heavy atom. The van der Waals surface area contributed by atoms with Crippen LogP contribution in [-0.4, -0.2) is 5.75 Å². The SMILES string of the molecule is CCS[S-](#P)I. The van der Waals surface area contributed by atoms with Gasteiger partial charge in [-0.05, 0) is 0 Å². The summed E-state index contributed by atoms with van der Waals surface area (Å²) >= 11 is 2.30. The monoisotopic (exact) mass is 251 g/mol. The van der Waals surface area contributed by atoms with Crippen LogP contribution in [0.2, 0.25) is 0 Å². The Bertz CT molecular complexity index is 83.3. The minimum absolute atomic E-state index is 0.266. The van der Waals surface area contributed by atoms with Crippen molar-refractivity contribution < 1.29 is 0 Å². The van der Waals surface area contributed by atoms with Gasteiger partial charge < -0.3 is 0 Å². The Balaban J connectivity index is 2.91. The van der Waals surface area contributed by atoms with Gasteiger partial charge in [-0.15, -0.1) is 0 Å². The van der Waals surface area contributed by atoms with E-state index in [0.717, 1.165) is 0 Å². The van der Waals surface area contributed by atoms with Gasteiger partial charge in [-0.1, -0.05) is 0 Å². The molecule has 0 aromatic carbocycles. The fourth-order valence-electron chi connectivity index (χ4n) is 0.0972. The number of hydrogen-bond donors (Lipinski definition) is 0. The summed E-state index contributed by atoms with van der Waals surface area (Å²) in [7, 11) is 6.02. The average molecular weight is 251 g/mol. The summed E-state index contributed by atoms with van der Waals surface area (Å²) in [6, 6.07) is 0. The molecule has 4 heteroatoms. The molecular weight excluding hydrogens is 246 g/mol. The van der Waals surface area contributed by atoms with Crippen molar-refractivity contribution in [3.05, 3.63) is 0 Å². The first-order valence-corrected chi connectivity index (χ1v) is 7.82. The summed E-state index contributed by atoms with van der Waals surface area (Å²) < 4.78 is 0. The van der Waals surface area contributed by atoms with Crippen molar-refractivity contribution in [1.29, 1.82) is 0 Å². The third-order valence-corrected chi connectivity index (χ3v) is 5.17. The molecule has 0 saturated heterocycles. The van der Waals surface area contributed by atoms with Crippen molar-refractivity contribution in [3.63, 3.8) is 0 Å². The van der Waals surface area contributed by atoms with Crippen LogP contribution in [0.3, 0.4) is 0 Å². The Morgan fingerprint density at radius 2 is 2.50 bits per heavy atom. The van der Waals surface area contributed by atoms with Crippen LogP contribution < -0.4 is 0 Å². The second-order valence-electron chi connectivity index (χ2n) is 0.613. The molecule has 0 amide bonds. The molecule has 0 aliphatic heterocycles. The molecule has 0 unspecified atom stereocenters. The molecule has 0 spiro atoms. The van der Waals surface area contributed by atoms with E-state index in [1.807, 2.05) is 10.8 Å². The van der Waals surface area contributed by atoms with Gasteiger partial charge in [0.25, 0.3) is 0 Å². The number of rotatable bonds is 1. The maximum absolute atomic E-state index is 4.16. The third-order valence-electron chi connectivity index (χ3n) is 0.215. The fourth-order valence-corrected chi connectivity index (χ4v) is 4.11. The summed E-state index contributed by atoms with van der Waals surface area (Å²) in [5.74, 6) is 1.18. The van der Waals surface area contributed by atoms with Crippen LogP contribution in [0, 0.1) is 0 Å². The van der Waals surface area contributed by atoms with Crippen molar-refractivity contribution in [2.75, 3.05) is 5.75 Å². The van der Waals surface area contributed by atoms with E-state index in [1.165, 1.54) is 5.75 Å². The van der Waals surface area contributed by atoms with Crippen molar-refractivity contribution in [2.24, 2.45) is 0 Å². The van der Waals surface area contributed by atoms with Gasteiger partial charge in [0, 0.05) is 0 Å². The summed E-state index contributed by atoms with van der Waals surface area (Å²) in [6.07, 6.45) is 0.266. The predicted octanol–water partition coefficient (Wildman–Crippen LogP) is 2.95. The molecule has 6 heavy (non-hydrogen) atoms. The molecule has 0 aromatic heterocycles. The third kappa shape index (κ3) is 5.86. The molecule has 0 aromatic rings. The molecule has 38 valence electrons. The van der Waals surface area contributed by atoms with Crippen molar-refractivity contribution in [2.45, 2.75) is 6.92 Å². The van der Waals surface area contributed by atoms with E-state index in [-0.39, 0.29) is 6.07 Å². The first-order valence-electron chi connectivity index (χ1n) is 1.50. The fraction of sp³-hybridized carbons (Fsp3) is 1.00. The zero-order valence-electron chi connectivity index (χ0n) is 3.35. The van der Waals surface area contributed by atoms with Crippen LogP contribution in [0.5, 0.6) is 0 Å². The standard InChI is InChI=1S/C2H5IPS2/c1-2-5-6(3)4/h2H2,1H3/q-1. The molecule has 0 saturated carbocycles. The van der Waals surface area contributed by atoms with Crippen LogP contribution >= 0.6 is 39.8 Å². The van der Waals surface area contributed by atoms with E-state index in [2.05, 4.69) is 35.9 Å².